The van der Waals surface area contributed by atoms with Gasteiger partial charge in [0.1, 0.15) is 0 Å². The Morgan fingerprint density at radius 3 is 2.72 bits per heavy atom. The van der Waals surface area contributed by atoms with Crippen molar-refractivity contribution in [3.63, 3.8) is 0 Å². The van der Waals surface area contributed by atoms with E-state index in [2.05, 4.69) is 0 Å². The molecule has 1 amide bonds. The fraction of sp³-hybridized carbons (Fsp3) is 0.385. The van der Waals surface area contributed by atoms with Crippen molar-refractivity contribution in [3.8, 4) is 0 Å². The summed E-state index contributed by atoms with van der Waals surface area (Å²) in [6.45, 7) is 0.968. The Morgan fingerprint density at radius 2 is 2.11 bits per heavy atom. The van der Waals surface area contributed by atoms with Crippen molar-refractivity contribution in [3.05, 3.63) is 35.4 Å². The van der Waals surface area contributed by atoms with E-state index in [0.29, 0.717) is 24.3 Å². The van der Waals surface area contributed by atoms with E-state index in [9.17, 15) is 9.59 Å². The molecule has 0 radical (unpaired) electrons. The van der Waals surface area contributed by atoms with Gasteiger partial charge in [0.2, 0.25) is 0 Å². The molecule has 0 unspecified atom stereocenters. The summed E-state index contributed by atoms with van der Waals surface area (Å²) in [5.74, 6) is -1.05. The molecule has 0 spiro atoms. The standard InChI is InChI=1S/C13H17NO4/c1-14(6-7-18-2)13(17)11-5-3-4-10(8-11)9-12(15)16/h3-5,8H,6-7,9H2,1-2H3,(H,15,16). The van der Waals surface area contributed by atoms with Crippen LogP contribution in [0.2, 0.25) is 0 Å². The second-order valence-electron chi connectivity index (χ2n) is 3.99. The lowest BCUT2D eigenvalue weighted by Gasteiger charge is -2.16. The molecule has 0 saturated carbocycles. The molecule has 0 saturated heterocycles. The summed E-state index contributed by atoms with van der Waals surface area (Å²) >= 11 is 0. The third-order valence-corrected chi connectivity index (χ3v) is 2.51. The highest BCUT2D eigenvalue weighted by molar-refractivity contribution is 5.94. The summed E-state index contributed by atoms with van der Waals surface area (Å²) < 4.78 is 4.90. The predicted molar refractivity (Wildman–Crippen MR) is 66.6 cm³/mol. The molecule has 1 aromatic rings. The average molecular weight is 251 g/mol. The van der Waals surface area contributed by atoms with E-state index in [1.165, 1.54) is 0 Å². The first-order chi connectivity index (χ1) is 8.54. The molecule has 0 aromatic heterocycles. The number of hydrogen-bond acceptors (Lipinski definition) is 3. The van der Waals surface area contributed by atoms with Gasteiger partial charge < -0.3 is 14.7 Å². The van der Waals surface area contributed by atoms with Gasteiger partial charge in [-0.2, -0.15) is 0 Å². The van der Waals surface area contributed by atoms with Crippen LogP contribution in [0.15, 0.2) is 24.3 Å². The molecule has 1 aromatic carbocycles. The van der Waals surface area contributed by atoms with E-state index in [-0.39, 0.29) is 12.3 Å². The molecular formula is C13H17NO4. The van der Waals surface area contributed by atoms with Crippen LogP contribution >= 0.6 is 0 Å². The summed E-state index contributed by atoms with van der Waals surface area (Å²) in [6.07, 6.45) is -0.0805. The van der Waals surface area contributed by atoms with Crippen LogP contribution in [-0.2, 0) is 16.0 Å². The number of methoxy groups -OCH3 is 1. The highest BCUT2D eigenvalue weighted by Crippen LogP contribution is 2.08. The largest absolute Gasteiger partial charge is 0.481 e. The van der Waals surface area contributed by atoms with Crippen LogP contribution in [-0.4, -0.2) is 49.2 Å². The Hall–Kier alpha value is -1.88. The first kappa shape index (κ1) is 14.2. The molecule has 0 fully saturated rings. The van der Waals surface area contributed by atoms with Gasteiger partial charge in [0.15, 0.2) is 0 Å². The number of likely N-dealkylation sites (N-methyl/N-ethyl adjacent to an activating group) is 1. The number of aliphatic carboxylic acids is 1. The number of carboxylic acids is 1. The van der Waals surface area contributed by atoms with Gasteiger partial charge in [-0.05, 0) is 17.7 Å². The fourth-order valence-electron chi connectivity index (χ4n) is 1.54. The van der Waals surface area contributed by atoms with E-state index in [4.69, 9.17) is 9.84 Å². The van der Waals surface area contributed by atoms with Gasteiger partial charge in [-0.3, -0.25) is 9.59 Å². The molecular weight excluding hydrogens is 234 g/mol. The number of nitrogens with zero attached hydrogens (tertiary/aromatic N) is 1. The minimum absolute atomic E-state index is 0.0805. The topological polar surface area (TPSA) is 66.8 Å². The quantitative estimate of drug-likeness (QED) is 0.820. The molecule has 0 atom stereocenters. The number of amides is 1. The molecule has 0 heterocycles. The predicted octanol–water partition coefficient (Wildman–Crippen LogP) is 1.03. The van der Waals surface area contributed by atoms with Crippen molar-refractivity contribution >= 4 is 11.9 Å². The normalized spacial score (nSPS) is 10.1. The van der Waals surface area contributed by atoms with Crippen LogP contribution in [0.25, 0.3) is 0 Å². The Labute approximate surface area is 106 Å². The number of carboxylic acid groups (broad SMARTS) is 1. The Balaban J connectivity index is 2.76. The Bertz CT molecular complexity index is 431. The molecule has 1 N–H and O–H groups in total. The first-order valence-corrected chi connectivity index (χ1v) is 5.59. The van der Waals surface area contributed by atoms with Crippen LogP contribution < -0.4 is 0 Å². The Morgan fingerprint density at radius 1 is 1.39 bits per heavy atom. The SMILES string of the molecule is COCCN(C)C(=O)c1cccc(CC(=O)O)c1. The third kappa shape index (κ3) is 4.18. The lowest BCUT2D eigenvalue weighted by Crippen LogP contribution is -2.30. The highest BCUT2D eigenvalue weighted by Gasteiger charge is 2.12. The van der Waals surface area contributed by atoms with Crippen molar-refractivity contribution < 1.29 is 19.4 Å². The monoisotopic (exact) mass is 251 g/mol. The van der Waals surface area contributed by atoms with Gasteiger partial charge >= 0.3 is 5.97 Å². The van der Waals surface area contributed by atoms with Gasteiger partial charge in [-0.1, -0.05) is 12.1 Å². The minimum atomic E-state index is -0.910. The fourth-order valence-corrected chi connectivity index (χ4v) is 1.54. The number of carbonyl (C=O) groups excluding carboxylic acids is 1. The summed E-state index contributed by atoms with van der Waals surface area (Å²) in [7, 11) is 3.26. The highest BCUT2D eigenvalue weighted by atomic mass is 16.5. The van der Waals surface area contributed by atoms with Crippen molar-refractivity contribution in [2.45, 2.75) is 6.42 Å². The maximum Gasteiger partial charge on any atom is 0.307 e. The number of benzene rings is 1. The van der Waals surface area contributed by atoms with Crippen molar-refractivity contribution in [2.24, 2.45) is 0 Å². The maximum absolute atomic E-state index is 12.0. The third-order valence-electron chi connectivity index (χ3n) is 2.51. The molecule has 1 rings (SSSR count). The summed E-state index contributed by atoms with van der Waals surface area (Å²) in [4.78, 5) is 24.2. The van der Waals surface area contributed by atoms with Crippen molar-refractivity contribution in [2.75, 3.05) is 27.3 Å². The van der Waals surface area contributed by atoms with Gasteiger partial charge in [-0.25, -0.2) is 0 Å². The van der Waals surface area contributed by atoms with Crippen LogP contribution in [0.4, 0.5) is 0 Å². The van der Waals surface area contributed by atoms with Crippen molar-refractivity contribution in [1.82, 2.24) is 4.90 Å². The number of ether oxygens (including phenoxy) is 1. The second kappa shape index (κ2) is 6.76. The number of rotatable bonds is 6. The maximum atomic E-state index is 12.0. The number of hydrogen-bond donors (Lipinski definition) is 1. The lowest BCUT2D eigenvalue weighted by atomic mass is 10.1. The molecule has 5 nitrogen and oxygen atoms in total. The van der Waals surface area contributed by atoms with Gasteiger partial charge in [0, 0.05) is 26.3 Å². The zero-order chi connectivity index (χ0) is 13.5. The molecule has 98 valence electrons. The van der Waals surface area contributed by atoms with E-state index in [1.54, 1.807) is 43.3 Å². The van der Waals surface area contributed by atoms with Crippen LogP contribution in [0.5, 0.6) is 0 Å². The minimum Gasteiger partial charge on any atom is -0.481 e. The molecule has 0 aliphatic heterocycles. The smallest absolute Gasteiger partial charge is 0.307 e. The van der Waals surface area contributed by atoms with Crippen LogP contribution in [0, 0.1) is 0 Å². The molecule has 0 bridgehead atoms. The molecule has 5 heteroatoms. The number of carbonyl (C=O) groups is 2. The summed E-state index contributed by atoms with van der Waals surface area (Å²) in [5.41, 5.74) is 1.11. The van der Waals surface area contributed by atoms with E-state index < -0.39 is 5.97 Å². The molecule has 18 heavy (non-hydrogen) atoms. The second-order valence-corrected chi connectivity index (χ2v) is 3.99. The zero-order valence-electron chi connectivity index (χ0n) is 10.5. The lowest BCUT2D eigenvalue weighted by molar-refractivity contribution is -0.136. The summed E-state index contributed by atoms with van der Waals surface area (Å²) in [6, 6.07) is 6.67. The van der Waals surface area contributed by atoms with Crippen molar-refractivity contribution in [1.29, 1.82) is 0 Å². The van der Waals surface area contributed by atoms with E-state index >= 15 is 0 Å². The van der Waals surface area contributed by atoms with E-state index in [1.807, 2.05) is 0 Å². The van der Waals surface area contributed by atoms with Gasteiger partial charge in [0.05, 0.1) is 13.0 Å². The first-order valence-electron chi connectivity index (χ1n) is 5.59. The molecule has 0 aliphatic rings. The van der Waals surface area contributed by atoms with E-state index in [0.717, 1.165) is 0 Å². The Kier molecular flexibility index (Phi) is 5.32. The van der Waals surface area contributed by atoms with Crippen LogP contribution in [0.1, 0.15) is 15.9 Å². The van der Waals surface area contributed by atoms with Gasteiger partial charge in [0.25, 0.3) is 5.91 Å². The van der Waals surface area contributed by atoms with Crippen LogP contribution in [0.3, 0.4) is 0 Å². The van der Waals surface area contributed by atoms with Gasteiger partial charge in [-0.15, -0.1) is 0 Å². The molecule has 0 aliphatic carbocycles. The zero-order valence-corrected chi connectivity index (χ0v) is 10.5. The summed E-state index contributed by atoms with van der Waals surface area (Å²) in [5, 5.41) is 8.71. The average Bonchev–Trinajstić information content (AvgIpc) is 2.34.